The third-order valence-corrected chi connectivity index (χ3v) is 8.09. The van der Waals surface area contributed by atoms with Crippen molar-refractivity contribution in [1.82, 2.24) is 10.2 Å². The van der Waals surface area contributed by atoms with Gasteiger partial charge in [0.15, 0.2) is 9.84 Å². The highest BCUT2D eigenvalue weighted by Gasteiger charge is 2.35. The molecular formula is C14H28N2O2S2. The fourth-order valence-corrected chi connectivity index (χ4v) is 6.55. The van der Waals surface area contributed by atoms with Crippen LogP contribution < -0.4 is 5.32 Å². The van der Waals surface area contributed by atoms with E-state index in [4.69, 9.17) is 0 Å². The van der Waals surface area contributed by atoms with Gasteiger partial charge in [-0.25, -0.2) is 8.42 Å². The average Bonchev–Trinajstić information content (AvgIpc) is 2.48. The predicted molar refractivity (Wildman–Crippen MR) is 87.0 cm³/mol. The molecule has 3 unspecified atom stereocenters. The topological polar surface area (TPSA) is 49.4 Å². The van der Waals surface area contributed by atoms with E-state index >= 15 is 0 Å². The maximum atomic E-state index is 12.3. The Balaban J connectivity index is 2.04. The number of hydrogen-bond donors (Lipinski definition) is 1. The summed E-state index contributed by atoms with van der Waals surface area (Å²) in [5, 5.41) is 3.17. The van der Waals surface area contributed by atoms with Crippen molar-refractivity contribution in [2.75, 3.05) is 37.4 Å². The summed E-state index contributed by atoms with van der Waals surface area (Å²) in [6.07, 6.45) is 5.05. The molecule has 0 spiro atoms. The van der Waals surface area contributed by atoms with Gasteiger partial charge in [-0.2, -0.15) is 11.8 Å². The molecule has 1 saturated carbocycles. The Morgan fingerprint density at radius 1 is 1.30 bits per heavy atom. The molecule has 2 fully saturated rings. The van der Waals surface area contributed by atoms with Crippen LogP contribution in [-0.4, -0.2) is 62.1 Å². The number of sulfone groups is 1. The third kappa shape index (κ3) is 3.90. The lowest BCUT2D eigenvalue weighted by molar-refractivity contribution is 0.169. The Morgan fingerprint density at radius 3 is 2.75 bits per heavy atom. The summed E-state index contributed by atoms with van der Waals surface area (Å²) < 4.78 is 24.6. The first-order chi connectivity index (χ1) is 9.58. The highest BCUT2D eigenvalue weighted by Crippen LogP contribution is 2.28. The average molecular weight is 321 g/mol. The summed E-state index contributed by atoms with van der Waals surface area (Å²) in [5.41, 5.74) is 0. The lowest BCUT2D eigenvalue weighted by Gasteiger charge is -2.40. The van der Waals surface area contributed by atoms with Crippen molar-refractivity contribution in [1.29, 1.82) is 0 Å². The van der Waals surface area contributed by atoms with E-state index < -0.39 is 9.84 Å². The van der Waals surface area contributed by atoms with E-state index in [-0.39, 0.29) is 11.1 Å². The molecule has 0 radical (unpaired) electrons. The fraction of sp³-hybridized carbons (Fsp3) is 1.00. The number of hydrogen-bond acceptors (Lipinski definition) is 5. The molecule has 0 bridgehead atoms. The summed E-state index contributed by atoms with van der Waals surface area (Å²) in [6, 6.07) is 0.559. The Labute approximate surface area is 128 Å². The van der Waals surface area contributed by atoms with Crippen LogP contribution in [0.2, 0.25) is 0 Å². The van der Waals surface area contributed by atoms with Gasteiger partial charge in [0.25, 0.3) is 0 Å². The van der Waals surface area contributed by atoms with Gasteiger partial charge < -0.3 is 5.32 Å². The Morgan fingerprint density at radius 2 is 2.05 bits per heavy atom. The first kappa shape index (κ1) is 16.6. The van der Waals surface area contributed by atoms with E-state index in [1.807, 2.05) is 7.05 Å². The van der Waals surface area contributed by atoms with Gasteiger partial charge in [0.2, 0.25) is 0 Å². The van der Waals surface area contributed by atoms with Crippen LogP contribution in [0.1, 0.15) is 32.6 Å². The van der Waals surface area contributed by atoms with Crippen molar-refractivity contribution in [3.63, 3.8) is 0 Å². The monoisotopic (exact) mass is 320 g/mol. The second kappa shape index (κ2) is 7.47. The lowest BCUT2D eigenvalue weighted by atomic mass is 9.84. The smallest absolute Gasteiger partial charge is 0.166 e. The quantitative estimate of drug-likeness (QED) is 0.833. The zero-order chi connectivity index (χ0) is 14.6. The first-order valence-electron chi connectivity index (χ1n) is 7.79. The molecule has 2 aliphatic rings. The van der Waals surface area contributed by atoms with Gasteiger partial charge in [-0.15, -0.1) is 0 Å². The Bertz CT molecular complexity index is 400. The van der Waals surface area contributed by atoms with Gasteiger partial charge in [-0.3, -0.25) is 4.90 Å². The number of nitrogens with zero attached hydrogens (tertiary/aromatic N) is 1. The molecule has 1 N–H and O–H groups in total. The molecule has 118 valence electrons. The molecule has 0 aromatic heterocycles. The minimum Gasteiger partial charge on any atom is -0.317 e. The summed E-state index contributed by atoms with van der Waals surface area (Å²) in [5.74, 6) is 2.67. The number of nitrogens with one attached hydrogen (secondary N) is 1. The van der Waals surface area contributed by atoms with Crippen molar-refractivity contribution < 1.29 is 8.42 Å². The van der Waals surface area contributed by atoms with E-state index in [2.05, 4.69) is 10.2 Å². The van der Waals surface area contributed by atoms with E-state index in [9.17, 15) is 8.42 Å². The van der Waals surface area contributed by atoms with Crippen LogP contribution in [0.5, 0.6) is 0 Å². The van der Waals surface area contributed by atoms with E-state index in [0.717, 1.165) is 24.6 Å². The SMILES string of the molecule is CCS(=O)(=O)C1CSCCN1CC1CCCCC1NC. The van der Waals surface area contributed by atoms with Crippen molar-refractivity contribution in [2.45, 2.75) is 44.0 Å². The lowest BCUT2D eigenvalue weighted by Crippen LogP contribution is -2.52. The van der Waals surface area contributed by atoms with Crippen LogP contribution in [-0.2, 0) is 9.84 Å². The molecule has 1 saturated heterocycles. The molecule has 20 heavy (non-hydrogen) atoms. The maximum absolute atomic E-state index is 12.3. The van der Waals surface area contributed by atoms with Gasteiger partial charge >= 0.3 is 0 Å². The maximum Gasteiger partial charge on any atom is 0.166 e. The summed E-state index contributed by atoms with van der Waals surface area (Å²) in [6.45, 7) is 3.63. The highest BCUT2D eigenvalue weighted by atomic mass is 32.2. The zero-order valence-electron chi connectivity index (χ0n) is 12.7. The number of thioether (sulfide) groups is 1. The van der Waals surface area contributed by atoms with Gasteiger partial charge in [0.05, 0.1) is 0 Å². The van der Waals surface area contributed by atoms with Crippen molar-refractivity contribution in [3.05, 3.63) is 0 Å². The van der Waals surface area contributed by atoms with Crippen LogP contribution in [0.15, 0.2) is 0 Å². The third-order valence-electron chi connectivity index (χ3n) is 4.76. The highest BCUT2D eigenvalue weighted by molar-refractivity contribution is 8.01. The molecule has 3 atom stereocenters. The zero-order valence-corrected chi connectivity index (χ0v) is 14.3. The molecule has 6 heteroatoms. The molecule has 1 aliphatic heterocycles. The predicted octanol–water partition coefficient (Wildman–Crippen LogP) is 1.57. The second-order valence-corrected chi connectivity index (χ2v) is 9.51. The summed E-state index contributed by atoms with van der Waals surface area (Å²) in [7, 11) is -0.924. The normalized spacial score (nSPS) is 33.2. The van der Waals surface area contributed by atoms with Crippen LogP contribution >= 0.6 is 11.8 Å². The minimum atomic E-state index is -2.96. The molecular weight excluding hydrogens is 292 g/mol. The molecule has 1 heterocycles. The Kier molecular flexibility index (Phi) is 6.20. The van der Waals surface area contributed by atoms with Crippen LogP contribution in [0.25, 0.3) is 0 Å². The van der Waals surface area contributed by atoms with Crippen molar-refractivity contribution in [3.8, 4) is 0 Å². The molecule has 2 rings (SSSR count). The van der Waals surface area contributed by atoms with Crippen molar-refractivity contribution >= 4 is 21.6 Å². The number of rotatable bonds is 5. The van der Waals surface area contributed by atoms with Gasteiger partial charge in [-0.05, 0) is 25.8 Å². The van der Waals surface area contributed by atoms with Crippen LogP contribution in [0, 0.1) is 5.92 Å². The van der Waals surface area contributed by atoms with E-state index in [1.54, 1.807) is 18.7 Å². The molecule has 0 amide bonds. The Hall–Kier alpha value is 0.220. The molecule has 0 aromatic carbocycles. The molecule has 4 nitrogen and oxygen atoms in total. The van der Waals surface area contributed by atoms with Gasteiger partial charge in [0.1, 0.15) is 5.37 Å². The molecule has 0 aromatic rings. The summed E-state index contributed by atoms with van der Waals surface area (Å²) in [4.78, 5) is 2.25. The first-order valence-corrected chi connectivity index (χ1v) is 10.7. The minimum absolute atomic E-state index is 0.259. The summed E-state index contributed by atoms with van der Waals surface area (Å²) >= 11 is 1.78. The van der Waals surface area contributed by atoms with E-state index in [0.29, 0.717) is 12.0 Å². The van der Waals surface area contributed by atoms with Crippen molar-refractivity contribution in [2.24, 2.45) is 5.92 Å². The van der Waals surface area contributed by atoms with Crippen LogP contribution in [0.3, 0.4) is 0 Å². The molecule has 1 aliphatic carbocycles. The van der Waals surface area contributed by atoms with Gasteiger partial charge in [-0.1, -0.05) is 19.8 Å². The van der Waals surface area contributed by atoms with Gasteiger partial charge in [0, 0.05) is 36.4 Å². The van der Waals surface area contributed by atoms with Crippen LogP contribution in [0.4, 0.5) is 0 Å². The standard InChI is InChI=1S/C14H28N2O2S2/c1-3-20(17,18)14-11-19-9-8-16(14)10-12-6-4-5-7-13(12)15-2/h12-15H,3-11H2,1-2H3. The largest absolute Gasteiger partial charge is 0.317 e. The fourth-order valence-electron chi connectivity index (χ4n) is 3.45. The second-order valence-electron chi connectivity index (χ2n) is 5.92. The van der Waals surface area contributed by atoms with E-state index in [1.165, 1.54) is 25.7 Å².